The molecule has 0 aliphatic carbocycles. The Kier molecular flexibility index (Phi) is 7.54. The van der Waals surface area contributed by atoms with Crippen LogP contribution in [-0.2, 0) is 9.59 Å². The van der Waals surface area contributed by atoms with Crippen molar-refractivity contribution in [1.82, 2.24) is 10.2 Å². The summed E-state index contributed by atoms with van der Waals surface area (Å²) >= 11 is 0. The summed E-state index contributed by atoms with van der Waals surface area (Å²) in [6.45, 7) is 5.88. The maximum absolute atomic E-state index is 11.8. The van der Waals surface area contributed by atoms with Crippen LogP contribution in [0.3, 0.4) is 0 Å². The van der Waals surface area contributed by atoms with Gasteiger partial charge in [-0.15, -0.1) is 0 Å². The highest BCUT2D eigenvalue weighted by Gasteiger charge is 2.16. The zero-order valence-corrected chi connectivity index (χ0v) is 10.3. The van der Waals surface area contributed by atoms with Gasteiger partial charge in [0.1, 0.15) is 0 Å². The Balaban J connectivity index is 3.83. The third-order valence-corrected chi connectivity index (χ3v) is 2.38. The van der Waals surface area contributed by atoms with Gasteiger partial charge >= 0.3 is 5.97 Å². The topological polar surface area (TPSA) is 69.6 Å². The summed E-state index contributed by atoms with van der Waals surface area (Å²) < 4.78 is 0. The molecule has 1 unspecified atom stereocenters. The summed E-state index contributed by atoms with van der Waals surface area (Å²) in [5, 5.41) is 11.6. The molecule has 5 nitrogen and oxygen atoms in total. The molecule has 0 heterocycles. The first-order valence-electron chi connectivity index (χ1n) is 5.66. The Hall–Kier alpha value is -1.10. The molecule has 0 aliphatic heterocycles. The van der Waals surface area contributed by atoms with Crippen molar-refractivity contribution >= 4 is 11.9 Å². The van der Waals surface area contributed by atoms with Crippen molar-refractivity contribution in [1.29, 1.82) is 0 Å². The van der Waals surface area contributed by atoms with Gasteiger partial charge in [-0.25, -0.2) is 0 Å². The number of hydrogen-bond donors (Lipinski definition) is 2. The van der Waals surface area contributed by atoms with E-state index in [1.807, 2.05) is 13.8 Å². The Bertz CT molecular complexity index is 231. The van der Waals surface area contributed by atoms with Crippen LogP contribution < -0.4 is 5.32 Å². The molecule has 0 saturated heterocycles. The minimum Gasteiger partial charge on any atom is -0.481 e. The lowest BCUT2D eigenvalue weighted by atomic mass is 10.1. The van der Waals surface area contributed by atoms with E-state index in [9.17, 15) is 9.59 Å². The van der Waals surface area contributed by atoms with Crippen LogP contribution in [-0.4, -0.2) is 48.6 Å². The third-order valence-electron chi connectivity index (χ3n) is 2.38. The van der Waals surface area contributed by atoms with E-state index in [1.165, 1.54) is 0 Å². The van der Waals surface area contributed by atoms with Gasteiger partial charge in [0.2, 0.25) is 5.91 Å². The fourth-order valence-corrected chi connectivity index (χ4v) is 1.40. The molecule has 0 aromatic heterocycles. The zero-order valence-electron chi connectivity index (χ0n) is 10.3. The van der Waals surface area contributed by atoms with E-state index < -0.39 is 5.97 Å². The van der Waals surface area contributed by atoms with Crippen molar-refractivity contribution in [2.75, 3.05) is 26.7 Å². The molecule has 0 fully saturated rings. The average Bonchev–Trinajstić information content (AvgIpc) is 2.24. The molecule has 0 bridgehead atoms. The first-order valence-corrected chi connectivity index (χ1v) is 5.66. The number of carbonyl (C=O) groups excluding carboxylic acids is 1. The van der Waals surface area contributed by atoms with Crippen molar-refractivity contribution in [3.8, 4) is 0 Å². The van der Waals surface area contributed by atoms with Crippen molar-refractivity contribution < 1.29 is 14.7 Å². The number of rotatable bonds is 8. The molecule has 0 spiro atoms. The van der Waals surface area contributed by atoms with Crippen molar-refractivity contribution in [3.05, 3.63) is 0 Å². The summed E-state index contributed by atoms with van der Waals surface area (Å²) in [5.74, 6) is -0.817. The molecular formula is C11H22N2O3. The average molecular weight is 230 g/mol. The van der Waals surface area contributed by atoms with Gasteiger partial charge in [0.25, 0.3) is 0 Å². The Morgan fingerprint density at radius 2 is 2.06 bits per heavy atom. The Labute approximate surface area is 96.8 Å². The molecule has 0 aromatic carbocycles. The van der Waals surface area contributed by atoms with Crippen LogP contribution in [0.2, 0.25) is 0 Å². The lowest BCUT2D eigenvalue weighted by Gasteiger charge is -2.21. The highest BCUT2D eigenvalue weighted by Crippen LogP contribution is 2.01. The Morgan fingerprint density at radius 1 is 1.44 bits per heavy atom. The third kappa shape index (κ3) is 6.40. The predicted octanol–water partition coefficient (Wildman–Crippen LogP) is 0.555. The number of nitrogens with one attached hydrogen (secondary N) is 1. The first kappa shape index (κ1) is 14.9. The first-order chi connectivity index (χ1) is 7.49. The van der Waals surface area contributed by atoms with Crippen molar-refractivity contribution in [2.24, 2.45) is 5.92 Å². The van der Waals surface area contributed by atoms with Crippen molar-refractivity contribution in [3.63, 3.8) is 0 Å². The largest absolute Gasteiger partial charge is 0.481 e. The van der Waals surface area contributed by atoms with Gasteiger partial charge in [0.15, 0.2) is 0 Å². The van der Waals surface area contributed by atoms with Gasteiger partial charge in [0.05, 0.1) is 0 Å². The Morgan fingerprint density at radius 3 is 2.56 bits per heavy atom. The van der Waals surface area contributed by atoms with E-state index in [2.05, 4.69) is 5.32 Å². The van der Waals surface area contributed by atoms with Gasteiger partial charge in [-0.05, 0) is 13.0 Å². The molecule has 0 saturated carbocycles. The second kappa shape index (κ2) is 8.10. The highest BCUT2D eigenvalue weighted by molar-refractivity contribution is 5.78. The smallest absolute Gasteiger partial charge is 0.303 e. The van der Waals surface area contributed by atoms with Gasteiger partial charge < -0.3 is 15.3 Å². The lowest BCUT2D eigenvalue weighted by Crippen LogP contribution is -2.37. The molecule has 0 rings (SSSR count). The summed E-state index contributed by atoms with van der Waals surface area (Å²) in [6.07, 6.45) is 0.616. The number of carboxylic acids is 1. The van der Waals surface area contributed by atoms with E-state index in [0.29, 0.717) is 19.5 Å². The molecule has 16 heavy (non-hydrogen) atoms. The molecule has 94 valence electrons. The number of aliphatic carboxylic acids is 1. The normalized spacial score (nSPS) is 12.2. The predicted molar refractivity (Wildman–Crippen MR) is 62.2 cm³/mol. The molecule has 0 aromatic rings. The van der Waals surface area contributed by atoms with Crippen LogP contribution in [0.15, 0.2) is 0 Å². The molecule has 2 N–H and O–H groups in total. The van der Waals surface area contributed by atoms with Gasteiger partial charge in [-0.2, -0.15) is 0 Å². The highest BCUT2D eigenvalue weighted by atomic mass is 16.4. The fourth-order valence-electron chi connectivity index (χ4n) is 1.40. The van der Waals surface area contributed by atoms with Crippen LogP contribution >= 0.6 is 0 Å². The summed E-state index contributed by atoms with van der Waals surface area (Å²) in [4.78, 5) is 23.7. The number of hydrogen-bond acceptors (Lipinski definition) is 3. The van der Waals surface area contributed by atoms with Crippen molar-refractivity contribution in [2.45, 2.75) is 26.7 Å². The lowest BCUT2D eigenvalue weighted by molar-refractivity contribution is -0.138. The summed E-state index contributed by atoms with van der Waals surface area (Å²) in [5.41, 5.74) is 0. The number of carboxylic acid groups (broad SMARTS) is 1. The summed E-state index contributed by atoms with van der Waals surface area (Å²) in [6, 6.07) is 0. The quantitative estimate of drug-likeness (QED) is 0.639. The molecule has 0 aliphatic rings. The molecule has 1 atom stereocenters. The van der Waals surface area contributed by atoms with Crippen LogP contribution in [0.1, 0.15) is 26.7 Å². The minimum atomic E-state index is -0.818. The van der Waals surface area contributed by atoms with E-state index in [4.69, 9.17) is 5.11 Å². The van der Waals surface area contributed by atoms with Gasteiger partial charge in [0, 0.05) is 32.5 Å². The molecular weight excluding hydrogens is 208 g/mol. The molecule has 0 radical (unpaired) electrons. The van der Waals surface area contributed by atoms with E-state index in [-0.39, 0.29) is 18.2 Å². The number of nitrogens with zero attached hydrogens (tertiary/aromatic N) is 1. The van der Waals surface area contributed by atoms with Crippen LogP contribution in [0.5, 0.6) is 0 Å². The zero-order chi connectivity index (χ0) is 12.6. The maximum Gasteiger partial charge on any atom is 0.303 e. The second-order valence-electron chi connectivity index (χ2n) is 3.97. The number of carbonyl (C=O) groups is 2. The van der Waals surface area contributed by atoms with E-state index in [0.717, 1.165) is 6.54 Å². The van der Waals surface area contributed by atoms with E-state index >= 15 is 0 Å². The molecule has 5 heteroatoms. The van der Waals surface area contributed by atoms with Crippen LogP contribution in [0, 0.1) is 5.92 Å². The van der Waals surface area contributed by atoms with Gasteiger partial charge in [-0.1, -0.05) is 13.8 Å². The number of amides is 1. The van der Waals surface area contributed by atoms with E-state index in [1.54, 1.807) is 11.9 Å². The van der Waals surface area contributed by atoms with Gasteiger partial charge in [-0.3, -0.25) is 9.59 Å². The molecule has 1 amide bonds. The monoisotopic (exact) mass is 230 g/mol. The fraction of sp³-hybridized carbons (Fsp3) is 0.818. The van der Waals surface area contributed by atoms with Crippen LogP contribution in [0.4, 0.5) is 0 Å². The summed E-state index contributed by atoms with van der Waals surface area (Å²) in [7, 11) is 1.71. The minimum absolute atomic E-state index is 0.0604. The van der Waals surface area contributed by atoms with Crippen LogP contribution in [0.25, 0.3) is 0 Å². The maximum atomic E-state index is 11.8. The standard InChI is InChI=1S/C11H22N2O3/c1-4-12-8-9(2)11(16)13(3)7-5-6-10(14)15/h9,12H,4-8H2,1-3H3,(H,14,15). The SMILES string of the molecule is CCNCC(C)C(=O)N(C)CCCC(=O)O. The second-order valence-corrected chi connectivity index (χ2v) is 3.97.